The molecule has 5 atom stereocenters. The number of oxazole rings is 1. The molecule has 1 aliphatic heterocycles. The van der Waals surface area contributed by atoms with E-state index in [1.165, 1.54) is 17.4 Å². The summed E-state index contributed by atoms with van der Waals surface area (Å²) in [5.41, 5.74) is -0.209. The lowest BCUT2D eigenvalue weighted by atomic mass is 9.85. The molecule has 5 aromatic rings. The fourth-order valence-electron chi connectivity index (χ4n) is 8.82. The largest absolute Gasteiger partial charge is 0.497 e. The molecule has 8 rings (SSSR count). The Labute approximate surface area is 396 Å². The highest BCUT2D eigenvalue weighted by Crippen LogP contribution is 2.49. The van der Waals surface area contributed by atoms with Gasteiger partial charge in [0.25, 0.3) is 5.91 Å². The second-order valence-electron chi connectivity index (χ2n) is 20.0. The van der Waals surface area contributed by atoms with Gasteiger partial charge >= 0.3 is 6.09 Å². The van der Waals surface area contributed by atoms with Crippen LogP contribution in [0.1, 0.15) is 72.9 Å². The van der Waals surface area contributed by atoms with Crippen LogP contribution in [0.3, 0.4) is 0 Å². The summed E-state index contributed by atoms with van der Waals surface area (Å²) in [7, 11) is -2.77. The number of rotatable bonds is 15. The lowest BCUT2D eigenvalue weighted by Gasteiger charge is -2.36. The molecule has 3 aromatic carbocycles. The normalized spacial score (nSPS) is 21.3. The first-order valence-corrected chi connectivity index (χ1v) is 24.1. The molecule has 16 nitrogen and oxygen atoms in total. The molecular formula is C51H58N6O10S. The number of aromatic nitrogens is 2. The predicted octanol–water partition coefficient (Wildman–Crippen LogP) is 7.14. The summed E-state index contributed by atoms with van der Waals surface area (Å²) in [6.07, 6.45) is 1.77. The molecule has 2 aromatic heterocycles. The van der Waals surface area contributed by atoms with E-state index in [9.17, 15) is 27.6 Å². The molecule has 3 aliphatic rings. The maximum Gasteiger partial charge on any atom is 0.408 e. The van der Waals surface area contributed by atoms with Crippen LogP contribution in [-0.2, 0) is 35.6 Å². The maximum absolute atomic E-state index is 14.9. The lowest BCUT2D eigenvalue weighted by molar-refractivity contribution is -0.143. The summed E-state index contributed by atoms with van der Waals surface area (Å²) in [6.45, 7) is 14.3. The molecule has 3 heterocycles. The Morgan fingerprint density at radius 1 is 0.956 bits per heavy atom. The lowest BCUT2D eigenvalue weighted by Crippen LogP contribution is -2.60. The predicted molar refractivity (Wildman–Crippen MR) is 255 cm³/mol. The summed E-state index contributed by atoms with van der Waals surface area (Å²) in [5.74, 6) is -1.36. The smallest absolute Gasteiger partial charge is 0.408 e. The quantitative estimate of drug-likeness (QED) is 0.0896. The van der Waals surface area contributed by atoms with Crippen LogP contribution in [0.15, 0.2) is 108 Å². The van der Waals surface area contributed by atoms with Gasteiger partial charge in [-0.15, -0.1) is 6.58 Å². The number of fused-ring (bicyclic) bond motifs is 1. The standard InChI is InChI=1S/C51H58N6O10S/c1-9-33-27-51(33,46(60)56-68(62,63)50(22-23-50)28-39-42(65-30-52-39)32-18-14-11-15-19-32)55-44(58)40-25-35(29-57(40)45(59)43(48(2,3)4)54-47(61)67-49(5,6)7)66-41-26-37(31-16-12-10-13-17-31)53-38-24-34(64-8)20-21-36(38)41/h9-21,24,26,30,33,35,40,43H,1,22-23,25,27-29H2,2-8H3,(H,54,61)(H,55,58)(H,56,60)/t33-,35+,40-,43+,51-/m0/s1. The molecule has 0 unspecified atom stereocenters. The number of hydrogen-bond donors (Lipinski definition) is 3. The number of carbonyl (C=O) groups excluding carboxylic acids is 4. The van der Waals surface area contributed by atoms with Crippen LogP contribution in [0.2, 0.25) is 0 Å². The van der Waals surface area contributed by atoms with Crippen LogP contribution in [-0.4, -0.2) is 94.8 Å². The number of sulfonamides is 1. The Balaban J connectivity index is 1.08. The molecule has 0 bridgehead atoms. The number of nitrogens with zero attached hydrogens (tertiary/aromatic N) is 3. The zero-order valence-corrected chi connectivity index (χ0v) is 40.1. The molecule has 3 N–H and O–H groups in total. The Hall–Kier alpha value is -6.75. The van der Waals surface area contributed by atoms with Crippen LogP contribution in [0.4, 0.5) is 4.79 Å². The van der Waals surface area contributed by atoms with Gasteiger partial charge in [-0.3, -0.25) is 19.1 Å². The SMILES string of the molecule is C=C[C@H]1C[C@@]1(NC(=O)[C@@H]1C[C@@H](Oc2cc(-c3ccccc3)nc3cc(OC)ccc23)CN1C(=O)[C@@H](NC(=O)OC(C)(C)C)C(C)(C)C)C(=O)NS(=O)(=O)C1(Cc2ncoc2-c2ccccc2)CC1. The zero-order chi connectivity index (χ0) is 48.8. The van der Waals surface area contributed by atoms with Crippen molar-refractivity contribution in [2.45, 2.75) is 108 Å². The number of amides is 4. The van der Waals surface area contributed by atoms with Crippen molar-refractivity contribution in [3.8, 4) is 34.1 Å². The van der Waals surface area contributed by atoms with Crippen molar-refractivity contribution in [2.75, 3.05) is 13.7 Å². The van der Waals surface area contributed by atoms with Crippen LogP contribution >= 0.6 is 0 Å². The fourth-order valence-corrected chi connectivity index (χ4v) is 10.4. The minimum Gasteiger partial charge on any atom is -0.497 e. The van der Waals surface area contributed by atoms with E-state index in [2.05, 4.69) is 26.9 Å². The third-order valence-corrected chi connectivity index (χ3v) is 14.9. The van der Waals surface area contributed by atoms with Crippen LogP contribution in [0, 0.1) is 11.3 Å². The first-order valence-electron chi connectivity index (χ1n) is 22.7. The molecule has 0 spiro atoms. The van der Waals surface area contributed by atoms with Crippen LogP contribution in [0.25, 0.3) is 33.5 Å². The number of pyridine rings is 1. The van der Waals surface area contributed by atoms with Gasteiger partial charge in [-0.1, -0.05) is 87.5 Å². The second kappa shape index (κ2) is 18.1. The average molecular weight is 947 g/mol. The molecule has 1 saturated heterocycles. The maximum atomic E-state index is 14.9. The molecule has 3 fully saturated rings. The summed E-state index contributed by atoms with van der Waals surface area (Å²) in [5, 5.41) is 6.28. The van der Waals surface area contributed by atoms with Gasteiger partial charge in [-0.05, 0) is 57.6 Å². The minimum absolute atomic E-state index is 0.000540. The van der Waals surface area contributed by atoms with Gasteiger partial charge in [0.05, 0.1) is 35.3 Å². The van der Waals surface area contributed by atoms with Crippen LogP contribution in [0.5, 0.6) is 11.5 Å². The highest BCUT2D eigenvalue weighted by molar-refractivity contribution is 7.91. The summed E-state index contributed by atoms with van der Waals surface area (Å²) < 4.78 is 52.9. The number of carbonyl (C=O) groups is 4. The number of benzene rings is 3. The fraction of sp³-hybridized carbons (Fsp3) is 0.412. The zero-order valence-electron chi connectivity index (χ0n) is 39.3. The Morgan fingerprint density at radius 2 is 1.63 bits per heavy atom. The van der Waals surface area contributed by atoms with Crippen molar-refractivity contribution < 1.29 is 46.2 Å². The number of nitrogens with one attached hydrogen (secondary N) is 3. The Morgan fingerprint density at radius 3 is 2.24 bits per heavy atom. The first-order chi connectivity index (χ1) is 32.2. The summed E-state index contributed by atoms with van der Waals surface area (Å²) >= 11 is 0. The van der Waals surface area contributed by atoms with E-state index in [1.807, 2.05) is 72.8 Å². The van der Waals surface area contributed by atoms with Crippen molar-refractivity contribution in [3.63, 3.8) is 0 Å². The topological polar surface area (TPSA) is 208 Å². The van der Waals surface area contributed by atoms with Crippen molar-refractivity contribution >= 4 is 44.7 Å². The van der Waals surface area contributed by atoms with Crippen molar-refractivity contribution in [3.05, 3.63) is 110 Å². The number of hydrogen-bond acceptors (Lipinski definition) is 12. The van der Waals surface area contributed by atoms with E-state index >= 15 is 0 Å². The minimum atomic E-state index is -4.34. The first kappa shape index (κ1) is 47.7. The Kier molecular flexibility index (Phi) is 12.7. The molecule has 4 amide bonds. The molecular weight excluding hydrogens is 889 g/mol. The molecule has 68 heavy (non-hydrogen) atoms. The van der Waals surface area contributed by atoms with Gasteiger partial charge in [0.2, 0.25) is 21.8 Å². The summed E-state index contributed by atoms with van der Waals surface area (Å²) in [4.78, 5) is 68.0. The van der Waals surface area contributed by atoms with Gasteiger partial charge in [0.1, 0.15) is 40.8 Å². The van der Waals surface area contributed by atoms with E-state index in [1.54, 1.807) is 60.8 Å². The molecule has 358 valence electrons. The Bertz CT molecular complexity index is 2850. The van der Waals surface area contributed by atoms with Gasteiger partial charge in [0, 0.05) is 47.4 Å². The molecule has 0 radical (unpaired) electrons. The van der Waals surface area contributed by atoms with Gasteiger partial charge < -0.3 is 34.2 Å². The van der Waals surface area contributed by atoms with Crippen molar-refractivity contribution in [2.24, 2.45) is 11.3 Å². The van der Waals surface area contributed by atoms with Gasteiger partial charge in [-0.25, -0.2) is 23.2 Å². The highest BCUT2D eigenvalue weighted by Gasteiger charge is 2.64. The number of ether oxygens (including phenoxy) is 3. The van der Waals surface area contributed by atoms with Gasteiger partial charge in [0.15, 0.2) is 12.2 Å². The molecule has 2 aliphatic carbocycles. The molecule has 17 heteroatoms. The van der Waals surface area contributed by atoms with E-state index in [4.69, 9.17) is 23.6 Å². The number of alkyl carbamates (subject to hydrolysis) is 1. The van der Waals surface area contributed by atoms with Crippen molar-refractivity contribution in [1.29, 1.82) is 0 Å². The average Bonchev–Trinajstić information content (AvgIpc) is 4.13. The third-order valence-electron chi connectivity index (χ3n) is 12.8. The summed E-state index contributed by atoms with van der Waals surface area (Å²) in [6, 6.07) is 23.6. The van der Waals surface area contributed by atoms with E-state index in [0.29, 0.717) is 39.6 Å². The second-order valence-corrected chi connectivity index (χ2v) is 22.1. The highest BCUT2D eigenvalue weighted by atomic mass is 32.2. The third kappa shape index (κ3) is 9.80. The van der Waals surface area contributed by atoms with Gasteiger partial charge in [-0.2, -0.15) is 0 Å². The van der Waals surface area contributed by atoms with Crippen molar-refractivity contribution in [1.82, 2.24) is 30.2 Å². The van der Waals surface area contributed by atoms with Crippen LogP contribution < -0.4 is 24.8 Å². The monoisotopic (exact) mass is 946 g/mol. The van der Waals surface area contributed by atoms with E-state index in [-0.39, 0.29) is 38.6 Å². The van der Waals surface area contributed by atoms with E-state index in [0.717, 1.165) is 11.1 Å². The van der Waals surface area contributed by atoms with E-state index < -0.39 is 79.2 Å². The number of methoxy groups -OCH3 is 1. The number of likely N-dealkylation sites (tertiary alicyclic amines) is 1. The molecule has 2 saturated carbocycles.